The van der Waals surface area contributed by atoms with Crippen LogP contribution in [-0.2, 0) is 0 Å². The molecular weight excluding hydrogens is 212 g/mol. The fourth-order valence-electron chi connectivity index (χ4n) is 3.98. The molecule has 0 amide bonds. The monoisotopic (exact) mass is 238 g/mol. The Morgan fingerprint density at radius 3 is 2.35 bits per heavy atom. The number of hydrogen-bond donors (Lipinski definition) is 1. The summed E-state index contributed by atoms with van der Waals surface area (Å²) in [7, 11) is 0. The summed E-state index contributed by atoms with van der Waals surface area (Å²) in [6.45, 7) is 5.17. The number of aliphatic hydroxyl groups excluding tert-OH is 1. The smallest absolute Gasteiger partial charge is 0.0555 e. The van der Waals surface area contributed by atoms with Gasteiger partial charge in [0.1, 0.15) is 0 Å². The zero-order chi connectivity index (χ0) is 11.7. The number of likely N-dealkylation sites (tertiary alicyclic amines) is 2. The first-order valence-electron chi connectivity index (χ1n) is 7.49. The van der Waals surface area contributed by atoms with Crippen molar-refractivity contribution in [2.75, 3.05) is 26.2 Å². The van der Waals surface area contributed by atoms with Crippen molar-refractivity contribution in [3.8, 4) is 0 Å². The SMILES string of the molecule is OC1CCCC(N2CCC(N3CCCC3)C2)C1. The van der Waals surface area contributed by atoms with Gasteiger partial charge in [-0.3, -0.25) is 9.80 Å². The van der Waals surface area contributed by atoms with E-state index < -0.39 is 0 Å². The van der Waals surface area contributed by atoms with Gasteiger partial charge in [0.25, 0.3) is 0 Å². The quantitative estimate of drug-likeness (QED) is 0.789. The Balaban J connectivity index is 1.52. The van der Waals surface area contributed by atoms with Crippen LogP contribution in [0.3, 0.4) is 0 Å². The van der Waals surface area contributed by atoms with Gasteiger partial charge in [-0.05, 0) is 58.0 Å². The zero-order valence-electron chi connectivity index (χ0n) is 10.9. The zero-order valence-corrected chi connectivity index (χ0v) is 10.9. The Kier molecular flexibility index (Phi) is 3.69. The summed E-state index contributed by atoms with van der Waals surface area (Å²) in [4.78, 5) is 5.35. The van der Waals surface area contributed by atoms with Gasteiger partial charge in [-0.1, -0.05) is 0 Å². The Hall–Kier alpha value is -0.120. The molecule has 3 atom stereocenters. The summed E-state index contributed by atoms with van der Waals surface area (Å²) in [6, 6.07) is 1.49. The van der Waals surface area contributed by atoms with Gasteiger partial charge in [0.15, 0.2) is 0 Å². The lowest BCUT2D eigenvalue weighted by Gasteiger charge is -2.34. The van der Waals surface area contributed by atoms with Crippen LogP contribution < -0.4 is 0 Å². The van der Waals surface area contributed by atoms with Crippen molar-refractivity contribution in [2.24, 2.45) is 0 Å². The van der Waals surface area contributed by atoms with E-state index in [1.165, 1.54) is 58.3 Å². The number of nitrogens with zero attached hydrogens (tertiary/aromatic N) is 2. The molecule has 3 nitrogen and oxygen atoms in total. The molecule has 3 rings (SSSR count). The van der Waals surface area contributed by atoms with Crippen LogP contribution in [-0.4, -0.2) is 59.3 Å². The van der Waals surface area contributed by atoms with E-state index in [-0.39, 0.29) is 6.10 Å². The number of rotatable bonds is 2. The molecule has 98 valence electrons. The summed E-state index contributed by atoms with van der Waals surface area (Å²) in [5.41, 5.74) is 0. The predicted octanol–water partition coefficient (Wildman–Crippen LogP) is 1.46. The molecule has 0 spiro atoms. The highest BCUT2D eigenvalue weighted by Crippen LogP contribution is 2.28. The second kappa shape index (κ2) is 5.25. The molecule has 3 aliphatic rings. The molecule has 3 unspecified atom stereocenters. The van der Waals surface area contributed by atoms with Crippen molar-refractivity contribution in [3.05, 3.63) is 0 Å². The Labute approximate surface area is 105 Å². The fraction of sp³-hybridized carbons (Fsp3) is 1.00. The van der Waals surface area contributed by atoms with Crippen molar-refractivity contribution in [3.63, 3.8) is 0 Å². The molecule has 0 aromatic carbocycles. The molecule has 0 aromatic heterocycles. The maximum absolute atomic E-state index is 9.78. The summed E-state index contributed by atoms with van der Waals surface area (Å²) in [5, 5.41) is 9.78. The molecule has 3 heteroatoms. The van der Waals surface area contributed by atoms with Gasteiger partial charge in [-0.2, -0.15) is 0 Å². The van der Waals surface area contributed by atoms with E-state index in [1.807, 2.05) is 0 Å². The average Bonchev–Trinajstić information content (AvgIpc) is 3.00. The largest absolute Gasteiger partial charge is 0.393 e. The molecule has 1 aliphatic carbocycles. The molecule has 0 aromatic rings. The van der Waals surface area contributed by atoms with E-state index in [2.05, 4.69) is 9.80 Å². The van der Waals surface area contributed by atoms with Crippen molar-refractivity contribution < 1.29 is 5.11 Å². The predicted molar refractivity (Wildman–Crippen MR) is 69.0 cm³/mol. The van der Waals surface area contributed by atoms with Gasteiger partial charge in [-0.25, -0.2) is 0 Å². The second-order valence-electron chi connectivity index (χ2n) is 6.15. The lowest BCUT2D eigenvalue weighted by Crippen LogP contribution is -2.41. The second-order valence-corrected chi connectivity index (χ2v) is 6.15. The van der Waals surface area contributed by atoms with Crippen molar-refractivity contribution in [1.82, 2.24) is 9.80 Å². The lowest BCUT2D eigenvalue weighted by molar-refractivity contribution is 0.0687. The topological polar surface area (TPSA) is 26.7 Å². The summed E-state index contributed by atoms with van der Waals surface area (Å²) >= 11 is 0. The lowest BCUT2D eigenvalue weighted by atomic mass is 9.92. The summed E-state index contributed by atoms with van der Waals surface area (Å²) < 4.78 is 0. The van der Waals surface area contributed by atoms with E-state index in [1.54, 1.807) is 0 Å². The average molecular weight is 238 g/mol. The van der Waals surface area contributed by atoms with E-state index in [9.17, 15) is 5.11 Å². The van der Waals surface area contributed by atoms with E-state index in [0.717, 1.165) is 18.9 Å². The fourth-order valence-corrected chi connectivity index (χ4v) is 3.98. The van der Waals surface area contributed by atoms with Gasteiger partial charge in [0.05, 0.1) is 6.10 Å². The third kappa shape index (κ3) is 2.67. The minimum Gasteiger partial charge on any atom is -0.393 e. The molecule has 0 bridgehead atoms. The van der Waals surface area contributed by atoms with Crippen LogP contribution in [0.15, 0.2) is 0 Å². The molecular formula is C14H26N2O. The third-order valence-corrected chi connectivity index (χ3v) is 4.99. The minimum atomic E-state index is -0.0282. The van der Waals surface area contributed by atoms with Gasteiger partial charge < -0.3 is 5.11 Å². The van der Waals surface area contributed by atoms with Crippen LogP contribution in [0.1, 0.15) is 44.9 Å². The normalized spacial score (nSPS) is 41.1. The summed E-state index contributed by atoms with van der Waals surface area (Å²) in [6.07, 6.45) is 8.70. The molecule has 17 heavy (non-hydrogen) atoms. The van der Waals surface area contributed by atoms with Gasteiger partial charge >= 0.3 is 0 Å². The first-order valence-corrected chi connectivity index (χ1v) is 7.49. The van der Waals surface area contributed by atoms with Crippen LogP contribution >= 0.6 is 0 Å². The highest BCUT2D eigenvalue weighted by Gasteiger charge is 2.34. The number of aliphatic hydroxyl groups is 1. The summed E-state index contributed by atoms with van der Waals surface area (Å²) in [5.74, 6) is 0. The van der Waals surface area contributed by atoms with Crippen LogP contribution in [0.4, 0.5) is 0 Å². The molecule has 1 N–H and O–H groups in total. The van der Waals surface area contributed by atoms with Gasteiger partial charge in [-0.15, -0.1) is 0 Å². The van der Waals surface area contributed by atoms with Gasteiger partial charge in [0.2, 0.25) is 0 Å². The molecule has 3 fully saturated rings. The van der Waals surface area contributed by atoms with E-state index in [4.69, 9.17) is 0 Å². The minimum absolute atomic E-state index is 0.0282. The van der Waals surface area contributed by atoms with Crippen molar-refractivity contribution >= 4 is 0 Å². The molecule has 1 saturated carbocycles. The van der Waals surface area contributed by atoms with Crippen molar-refractivity contribution in [2.45, 2.75) is 63.1 Å². The van der Waals surface area contributed by atoms with Crippen LogP contribution in [0.5, 0.6) is 0 Å². The van der Waals surface area contributed by atoms with Crippen LogP contribution in [0, 0.1) is 0 Å². The Bertz CT molecular complexity index is 253. The third-order valence-electron chi connectivity index (χ3n) is 4.99. The highest BCUT2D eigenvalue weighted by molar-refractivity contribution is 4.90. The standard InChI is InChI=1S/C14H26N2O/c17-14-5-3-4-12(10-14)16-9-6-13(11-16)15-7-1-2-8-15/h12-14,17H,1-11H2. The van der Waals surface area contributed by atoms with Gasteiger partial charge in [0, 0.05) is 25.2 Å². The molecule has 2 saturated heterocycles. The maximum atomic E-state index is 9.78. The number of hydrogen-bond acceptors (Lipinski definition) is 3. The van der Waals surface area contributed by atoms with E-state index >= 15 is 0 Å². The Morgan fingerprint density at radius 2 is 1.59 bits per heavy atom. The highest BCUT2D eigenvalue weighted by atomic mass is 16.3. The van der Waals surface area contributed by atoms with E-state index in [0.29, 0.717) is 6.04 Å². The first kappa shape index (κ1) is 11.9. The van der Waals surface area contributed by atoms with Crippen molar-refractivity contribution in [1.29, 1.82) is 0 Å². The van der Waals surface area contributed by atoms with Crippen LogP contribution in [0.2, 0.25) is 0 Å². The molecule has 2 heterocycles. The Morgan fingerprint density at radius 1 is 0.765 bits per heavy atom. The molecule has 2 aliphatic heterocycles. The first-order chi connectivity index (χ1) is 8.33. The maximum Gasteiger partial charge on any atom is 0.0555 e. The molecule has 0 radical (unpaired) electrons. The van der Waals surface area contributed by atoms with Crippen LogP contribution in [0.25, 0.3) is 0 Å².